The van der Waals surface area contributed by atoms with Crippen molar-refractivity contribution in [1.29, 1.82) is 0 Å². The zero-order chi connectivity index (χ0) is 19.8. The smallest absolute Gasteiger partial charge is 0.305 e. The Hall–Kier alpha value is -2.33. The summed E-state index contributed by atoms with van der Waals surface area (Å²) in [7, 11) is -3.53. The first-order chi connectivity index (χ1) is 12.6. The van der Waals surface area contributed by atoms with E-state index in [-0.39, 0.29) is 9.90 Å². The zero-order valence-corrected chi connectivity index (χ0v) is 15.9. The van der Waals surface area contributed by atoms with Gasteiger partial charge >= 0.3 is 5.69 Å². The molecular formula is C17H16F2N2O4S2. The lowest BCUT2D eigenvalue weighted by Gasteiger charge is -2.28. The van der Waals surface area contributed by atoms with Gasteiger partial charge in [-0.3, -0.25) is 10.1 Å². The average Bonchev–Trinajstić information content (AvgIpc) is 3.05. The molecule has 6 nitrogen and oxygen atoms in total. The Labute approximate surface area is 158 Å². The quantitative estimate of drug-likeness (QED) is 0.558. The topological polar surface area (TPSA) is 80.5 Å². The summed E-state index contributed by atoms with van der Waals surface area (Å²) in [6.45, 7) is 0.945. The predicted molar refractivity (Wildman–Crippen MR) is 99.9 cm³/mol. The van der Waals surface area contributed by atoms with Crippen molar-refractivity contribution in [1.82, 2.24) is 0 Å². The molecule has 2 heterocycles. The van der Waals surface area contributed by atoms with Crippen LogP contribution in [0.5, 0.6) is 0 Å². The van der Waals surface area contributed by atoms with Crippen LogP contribution in [-0.4, -0.2) is 32.7 Å². The number of hydrogen-bond donors (Lipinski definition) is 0. The minimum absolute atomic E-state index is 0.0349. The van der Waals surface area contributed by atoms with E-state index in [0.717, 1.165) is 41.4 Å². The third-order valence-corrected chi connectivity index (χ3v) is 7.23. The van der Waals surface area contributed by atoms with Gasteiger partial charge in [0.2, 0.25) is 0 Å². The average molecular weight is 414 g/mol. The molecule has 144 valence electrons. The second-order valence-corrected chi connectivity index (χ2v) is 9.52. The van der Waals surface area contributed by atoms with Crippen LogP contribution in [0.1, 0.15) is 18.4 Å². The molecule has 1 aliphatic rings. The lowest BCUT2D eigenvalue weighted by atomic mass is 10.0. The molecule has 10 heteroatoms. The Morgan fingerprint density at radius 3 is 2.41 bits per heavy atom. The van der Waals surface area contributed by atoms with Gasteiger partial charge in [-0.1, -0.05) is 29.1 Å². The van der Waals surface area contributed by atoms with E-state index in [1.165, 1.54) is 6.07 Å². The monoisotopic (exact) mass is 414 g/mol. The van der Waals surface area contributed by atoms with Crippen LogP contribution in [-0.2, 0) is 9.84 Å². The number of anilines is 1. The molecule has 27 heavy (non-hydrogen) atoms. The van der Waals surface area contributed by atoms with Gasteiger partial charge in [-0.25, -0.2) is 17.2 Å². The number of rotatable bonds is 4. The molecule has 0 spiro atoms. The SMILES string of the molecule is CS(=O)(=O)c1cc([N+](=O)[O-])c(N2CCC(=Cc3ccc(F)c(F)c3)CC2)s1. The molecule has 0 atom stereocenters. The lowest BCUT2D eigenvalue weighted by Crippen LogP contribution is -2.30. The molecule has 2 aromatic rings. The normalized spacial score (nSPS) is 15.1. The highest BCUT2D eigenvalue weighted by Gasteiger charge is 2.28. The summed E-state index contributed by atoms with van der Waals surface area (Å²) in [5, 5.41) is 11.6. The van der Waals surface area contributed by atoms with Gasteiger partial charge in [-0.2, -0.15) is 0 Å². The van der Waals surface area contributed by atoms with Crippen molar-refractivity contribution < 1.29 is 22.1 Å². The van der Waals surface area contributed by atoms with E-state index in [1.54, 1.807) is 11.0 Å². The van der Waals surface area contributed by atoms with Gasteiger partial charge in [-0.15, -0.1) is 0 Å². The molecule has 1 aromatic carbocycles. The number of nitro groups is 1. The Morgan fingerprint density at radius 2 is 1.85 bits per heavy atom. The second kappa shape index (κ2) is 7.35. The van der Waals surface area contributed by atoms with Crippen LogP contribution in [0, 0.1) is 21.7 Å². The van der Waals surface area contributed by atoms with Gasteiger partial charge in [0, 0.05) is 25.4 Å². The predicted octanol–water partition coefficient (Wildman–Crippen LogP) is 4.02. The number of hydrogen-bond acceptors (Lipinski definition) is 6. The highest BCUT2D eigenvalue weighted by molar-refractivity contribution is 7.92. The summed E-state index contributed by atoms with van der Waals surface area (Å²) in [5.41, 5.74) is 1.35. The van der Waals surface area contributed by atoms with Crippen LogP contribution in [0.15, 0.2) is 34.0 Å². The molecule has 0 N–H and O–H groups in total. The van der Waals surface area contributed by atoms with Crippen molar-refractivity contribution in [3.05, 3.63) is 57.2 Å². The van der Waals surface area contributed by atoms with Crippen LogP contribution in [0.4, 0.5) is 19.5 Å². The van der Waals surface area contributed by atoms with E-state index in [2.05, 4.69) is 0 Å². The first kappa shape index (κ1) is 19.4. The van der Waals surface area contributed by atoms with Crippen LogP contribution in [0.25, 0.3) is 6.08 Å². The van der Waals surface area contributed by atoms with Gasteiger partial charge in [0.15, 0.2) is 26.5 Å². The highest BCUT2D eigenvalue weighted by atomic mass is 32.2. The van der Waals surface area contributed by atoms with Crippen molar-refractivity contribution in [2.45, 2.75) is 17.1 Å². The van der Waals surface area contributed by atoms with Gasteiger partial charge in [-0.05, 0) is 30.5 Å². The minimum atomic E-state index is -3.53. The molecular weight excluding hydrogens is 398 g/mol. The molecule has 1 saturated heterocycles. The minimum Gasteiger partial charge on any atom is -0.357 e. The summed E-state index contributed by atoms with van der Waals surface area (Å²) in [6.07, 6.45) is 3.97. The zero-order valence-electron chi connectivity index (χ0n) is 14.3. The van der Waals surface area contributed by atoms with Crippen LogP contribution >= 0.6 is 11.3 Å². The maximum absolute atomic E-state index is 13.3. The first-order valence-corrected chi connectivity index (χ1v) is 10.7. The number of piperidine rings is 1. The number of sulfone groups is 1. The summed E-state index contributed by atoms with van der Waals surface area (Å²) in [4.78, 5) is 12.5. The molecule has 0 amide bonds. The van der Waals surface area contributed by atoms with E-state index in [4.69, 9.17) is 0 Å². The summed E-state index contributed by atoms with van der Waals surface area (Å²) in [6, 6.07) is 4.78. The summed E-state index contributed by atoms with van der Waals surface area (Å²) >= 11 is 0.896. The second-order valence-electron chi connectivity index (χ2n) is 6.25. The number of nitrogens with zero attached hydrogens (tertiary/aromatic N) is 2. The van der Waals surface area contributed by atoms with Crippen molar-refractivity contribution in [2.24, 2.45) is 0 Å². The maximum Gasteiger partial charge on any atom is 0.305 e. The van der Waals surface area contributed by atoms with E-state index in [9.17, 15) is 27.3 Å². The molecule has 1 aliphatic heterocycles. The fraction of sp³-hybridized carbons (Fsp3) is 0.294. The van der Waals surface area contributed by atoms with E-state index < -0.39 is 26.4 Å². The van der Waals surface area contributed by atoms with E-state index in [1.807, 2.05) is 0 Å². The molecule has 1 aromatic heterocycles. The molecule has 0 bridgehead atoms. The molecule has 0 radical (unpaired) electrons. The standard InChI is InChI=1S/C17H16F2N2O4S2/c1-27(24,25)16-10-15(21(22)23)17(26-16)20-6-4-11(5-7-20)8-12-2-3-13(18)14(19)9-12/h2-3,8-10H,4-7H2,1H3. The molecule has 3 rings (SSSR count). The van der Waals surface area contributed by atoms with Crippen molar-refractivity contribution in [2.75, 3.05) is 24.2 Å². The van der Waals surface area contributed by atoms with Crippen molar-refractivity contribution in [3.63, 3.8) is 0 Å². The third kappa shape index (κ3) is 4.33. The fourth-order valence-electron chi connectivity index (χ4n) is 2.87. The van der Waals surface area contributed by atoms with Crippen molar-refractivity contribution >= 4 is 37.9 Å². The number of thiophene rings is 1. The lowest BCUT2D eigenvalue weighted by molar-refractivity contribution is -0.383. The van der Waals surface area contributed by atoms with Gasteiger partial charge in [0.05, 0.1) is 4.92 Å². The molecule has 0 aliphatic carbocycles. The fourth-order valence-corrected chi connectivity index (χ4v) is 4.95. The highest BCUT2D eigenvalue weighted by Crippen LogP contribution is 2.41. The molecule has 0 unspecified atom stereocenters. The number of halogens is 2. The molecule has 1 fully saturated rings. The number of benzene rings is 1. The Bertz CT molecular complexity index is 1020. The van der Waals surface area contributed by atoms with Gasteiger partial charge in [0.1, 0.15) is 4.21 Å². The third-order valence-electron chi connectivity index (χ3n) is 4.24. The Morgan fingerprint density at radius 1 is 1.19 bits per heavy atom. The van der Waals surface area contributed by atoms with Gasteiger partial charge < -0.3 is 4.90 Å². The van der Waals surface area contributed by atoms with Gasteiger partial charge in [0.25, 0.3) is 0 Å². The first-order valence-electron chi connectivity index (χ1n) is 8.03. The Balaban J connectivity index is 1.79. The van der Waals surface area contributed by atoms with Crippen LogP contribution in [0.3, 0.4) is 0 Å². The van der Waals surface area contributed by atoms with E-state index in [0.29, 0.717) is 36.5 Å². The summed E-state index contributed by atoms with van der Waals surface area (Å²) < 4.78 is 49.7. The van der Waals surface area contributed by atoms with Crippen molar-refractivity contribution in [3.8, 4) is 0 Å². The largest absolute Gasteiger partial charge is 0.357 e. The van der Waals surface area contributed by atoms with Crippen LogP contribution < -0.4 is 4.90 Å². The van der Waals surface area contributed by atoms with Crippen LogP contribution in [0.2, 0.25) is 0 Å². The molecule has 0 saturated carbocycles. The van der Waals surface area contributed by atoms with E-state index >= 15 is 0 Å². The summed E-state index contributed by atoms with van der Waals surface area (Å²) in [5.74, 6) is -1.82. The Kier molecular flexibility index (Phi) is 5.29. The maximum atomic E-state index is 13.3.